The zero-order chi connectivity index (χ0) is 43.6. The second-order valence-electron chi connectivity index (χ2n) is 16.9. The Bertz CT molecular complexity index is 2190. The lowest BCUT2D eigenvalue weighted by Gasteiger charge is -2.35. The van der Waals surface area contributed by atoms with Gasteiger partial charge in [-0.05, 0) is 92.9 Å². The normalized spacial score (nSPS) is 24.7. The lowest BCUT2D eigenvalue weighted by molar-refractivity contribution is -0.143. The summed E-state index contributed by atoms with van der Waals surface area (Å²) in [6, 6.07) is 4.96. The number of nitrogens with one attached hydrogen (secondary N) is 3. The van der Waals surface area contributed by atoms with Crippen LogP contribution in [0.4, 0.5) is 4.79 Å². The molecule has 0 bridgehead atoms. The summed E-state index contributed by atoms with van der Waals surface area (Å²) in [5.74, 6) is -1.85. The Balaban J connectivity index is 0.000000676. The maximum absolute atomic E-state index is 14.5. The van der Waals surface area contributed by atoms with Gasteiger partial charge < -0.3 is 29.7 Å². The molecule has 5 fully saturated rings. The van der Waals surface area contributed by atoms with Crippen molar-refractivity contribution in [3.05, 3.63) is 43.1 Å². The molecule has 5 atom stereocenters. The van der Waals surface area contributed by atoms with Crippen LogP contribution in [0.1, 0.15) is 85.0 Å². The van der Waals surface area contributed by atoms with Crippen LogP contribution in [0.3, 0.4) is 0 Å². The van der Waals surface area contributed by atoms with E-state index in [2.05, 4.69) is 31.5 Å². The number of alkyl carbamates (subject to hydrolysis) is 1. The minimum Gasteiger partial charge on any atom is -0.497 e. The first-order valence-corrected chi connectivity index (χ1v) is 22.9. The maximum atomic E-state index is 14.5. The molecule has 1 aliphatic heterocycles. The number of benzene rings is 1. The Hall–Kier alpha value is -4.57. The van der Waals surface area contributed by atoms with E-state index in [4.69, 9.17) is 18.4 Å². The molecule has 60 heavy (non-hydrogen) atoms. The lowest BCUT2D eigenvalue weighted by Crippen LogP contribution is -2.60. The molecular weight excluding hydrogens is 825 g/mol. The maximum Gasteiger partial charge on any atom is 0.408 e. The Morgan fingerprint density at radius 1 is 0.967 bits per heavy atom. The van der Waals surface area contributed by atoms with Crippen molar-refractivity contribution in [2.45, 2.75) is 127 Å². The number of ether oxygens (including phenoxy) is 3. The molecule has 2 heterocycles. The Morgan fingerprint density at radius 3 is 2.20 bits per heavy atom. The van der Waals surface area contributed by atoms with Gasteiger partial charge >= 0.3 is 26.7 Å². The van der Waals surface area contributed by atoms with E-state index in [9.17, 15) is 36.0 Å². The Kier molecular flexibility index (Phi) is 13.3. The van der Waals surface area contributed by atoms with Gasteiger partial charge in [-0.2, -0.15) is 16.8 Å². The largest absolute Gasteiger partial charge is 0.497 e. The van der Waals surface area contributed by atoms with Crippen molar-refractivity contribution in [2.24, 2.45) is 16.5 Å². The van der Waals surface area contributed by atoms with Crippen molar-refractivity contribution in [1.82, 2.24) is 25.2 Å². The fourth-order valence-corrected chi connectivity index (χ4v) is 8.85. The van der Waals surface area contributed by atoms with Gasteiger partial charge in [0.05, 0.1) is 25.9 Å². The number of hydrogen-bond donors (Lipinski definition) is 4. The van der Waals surface area contributed by atoms with Crippen molar-refractivity contribution in [3.8, 4) is 11.6 Å². The SMILES string of the molecule is C=C[C@@H]1C[C@]1(NC(=O)[C@@H]1C[C@@H](Oc2nccc3cc(OC)ccc23)CN1C(=O)[C@@H](NC(=O)OC1CCCC1)C(C)(C)C)C(=O)NS(=O)(=O)OC1CC1.NS(=O)(=O)OC1CC1. The molecule has 21 heteroatoms. The second kappa shape index (κ2) is 17.8. The van der Waals surface area contributed by atoms with Gasteiger partial charge in [-0.1, -0.05) is 26.8 Å². The van der Waals surface area contributed by atoms with E-state index in [1.54, 1.807) is 46.2 Å². The van der Waals surface area contributed by atoms with Crippen LogP contribution in [-0.4, -0.2) is 106 Å². The average Bonchev–Trinajstić information content (AvgIpc) is 4.14. The fourth-order valence-electron chi connectivity index (χ4n) is 7.27. The number of carbonyl (C=O) groups excluding carboxylic acids is 4. The Labute approximate surface area is 349 Å². The zero-order valence-electron chi connectivity index (χ0n) is 34.1. The predicted octanol–water partition coefficient (Wildman–Crippen LogP) is 2.65. The second-order valence-corrected chi connectivity index (χ2v) is 19.4. The number of methoxy groups -OCH3 is 1. The van der Waals surface area contributed by atoms with E-state index < -0.39 is 85.6 Å². The van der Waals surface area contributed by atoms with Crippen LogP contribution in [0.15, 0.2) is 43.1 Å². The van der Waals surface area contributed by atoms with E-state index in [1.165, 1.54) is 11.0 Å². The van der Waals surface area contributed by atoms with Crippen molar-refractivity contribution >= 4 is 55.2 Å². The van der Waals surface area contributed by atoms with E-state index in [1.807, 2.05) is 16.9 Å². The summed E-state index contributed by atoms with van der Waals surface area (Å²) >= 11 is 0. The molecule has 1 saturated heterocycles. The van der Waals surface area contributed by atoms with Gasteiger partial charge in [-0.3, -0.25) is 22.7 Å². The van der Waals surface area contributed by atoms with Crippen molar-refractivity contribution in [1.29, 1.82) is 0 Å². The third kappa shape index (κ3) is 11.6. The first-order chi connectivity index (χ1) is 28.2. The van der Waals surface area contributed by atoms with Crippen LogP contribution in [0, 0.1) is 11.3 Å². The first kappa shape index (κ1) is 45.0. The topological polar surface area (TPSA) is 261 Å². The van der Waals surface area contributed by atoms with Gasteiger partial charge in [0.1, 0.15) is 35.6 Å². The first-order valence-electron chi connectivity index (χ1n) is 20.0. The molecule has 5 N–H and O–H groups in total. The summed E-state index contributed by atoms with van der Waals surface area (Å²) in [6.45, 7) is 9.08. The molecule has 7 rings (SSSR count). The summed E-state index contributed by atoms with van der Waals surface area (Å²) in [4.78, 5) is 61.0. The number of amides is 4. The smallest absolute Gasteiger partial charge is 0.408 e. The molecule has 4 saturated carbocycles. The molecule has 1 aromatic carbocycles. The monoisotopic (exact) mass is 878 g/mol. The molecule has 2 aromatic rings. The van der Waals surface area contributed by atoms with Crippen LogP contribution < -0.4 is 30.0 Å². The molecule has 0 radical (unpaired) electrons. The number of rotatable bonds is 15. The molecule has 0 unspecified atom stereocenters. The molecule has 0 spiro atoms. The van der Waals surface area contributed by atoms with Gasteiger partial charge in [0.25, 0.3) is 5.91 Å². The van der Waals surface area contributed by atoms with E-state index in [0.717, 1.165) is 43.9 Å². The molecule has 19 nitrogen and oxygen atoms in total. The predicted molar refractivity (Wildman–Crippen MR) is 216 cm³/mol. The third-order valence-electron chi connectivity index (χ3n) is 10.9. The van der Waals surface area contributed by atoms with Crippen molar-refractivity contribution in [3.63, 3.8) is 0 Å². The number of fused-ring (bicyclic) bond motifs is 1. The van der Waals surface area contributed by atoms with Crippen molar-refractivity contribution < 1.29 is 58.6 Å². The summed E-state index contributed by atoms with van der Waals surface area (Å²) in [7, 11) is -6.52. The summed E-state index contributed by atoms with van der Waals surface area (Å²) < 4.78 is 73.7. The summed E-state index contributed by atoms with van der Waals surface area (Å²) in [6.07, 6.45) is 7.03. The van der Waals surface area contributed by atoms with Gasteiger partial charge in [0.2, 0.25) is 17.7 Å². The highest BCUT2D eigenvalue weighted by Crippen LogP contribution is 2.45. The van der Waals surface area contributed by atoms with Gasteiger partial charge in [0.15, 0.2) is 0 Å². The van der Waals surface area contributed by atoms with Crippen LogP contribution in [-0.2, 0) is 48.1 Å². The van der Waals surface area contributed by atoms with Crippen LogP contribution >= 0.6 is 0 Å². The van der Waals surface area contributed by atoms with Crippen LogP contribution in [0.5, 0.6) is 11.6 Å². The number of pyridine rings is 1. The summed E-state index contributed by atoms with van der Waals surface area (Å²) in [5, 5.41) is 11.5. The number of aromatic nitrogens is 1. The highest BCUT2D eigenvalue weighted by Gasteiger charge is 2.62. The van der Waals surface area contributed by atoms with E-state index >= 15 is 0 Å². The highest BCUT2D eigenvalue weighted by atomic mass is 32.2. The standard InChI is InChI=1S/C36H47N5O10S.C3H7NO3S/c1-6-22-19-36(22,33(44)40-52(46,47)51-24-11-12-24)39-30(42)28-18-26(49-31-27-14-13-25(48-5)17-21(27)15-16-37-31)20-41(28)32(43)29(35(2,3)4)38-34(45)50-23-9-7-8-10-23;4-8(5,6)7-3-1-2-3/h6,13-17,22-24,26,28-29H,1,7-12,18-20H2,2-5H3,(H,38,45)(H,39,42)(H,40,44);3H,1-2H2,(H2,4,5,6)/t22-,26-,28+,29-,36-;/m1./s1. The van der Waals surface area contributed by atoms with Gasteiger partial charge in [0, 0.05) is 23.9 Å². The molecule has 5 aliphatic rings. The minimum atomic E-state index is -4.42. The molecule has 330 valence electrons. The number of hydrogen-bond acceptors (Lipinski definition) is 14. The zero-order valence-corrected chi connectivity index (χ0v) is 35.7. The molecular formula is C39H54N6O13S2. The van der Waals surface area contributed by atoms with Crippen LogP contribution in [0.25, 0.3) is 10.8 Å². The van der Waals surface area contributed by atoms with E-state index in [0.29, 0.717) is 24.0 Å². The van der Waals surface area contributed by atoms with Crippen LogP contribution in [0.2, 0.25) is 0 Å². The number of likely N-dealkylation sites (tertiary alicyclic amines) is 1. The lowest BCUT2D eigenvalue weighted by atomic mass is 9.85. The Morgan fingerprint density at radius 2 is 1.63 bits per heavy atom. The number of nitrogens with zero attached hydrogens (tertiary/aromatic N) is 2. The quantitative estimate of drug-likeness (QED) is 0.188. The molecule has 1 aromatic heterocycles. The van der Waals surface area contributed by atoms with Crippen molar-refractivity contribution in [2.75, 3.05) is 13.7 Å². The average molecular weight is 879 g/mol. The fraction of sp³-hybridized carbons (Fsp3) is 0.615. The number of nitrogens with two attached hydrogens (primary N) is 1. The minimum absolute atomic E-state index is 0.00865. The summed E-state index contributed by atoms with van der Waals surface area (Å²) in [5.41, 5.74) is -2.43. The van der Waals surface area contributed by atoms with Gasteiger partial charge in [-0.15, -0.1) is 6.58 Å². The van der Waals surface area contributed by atoms with Gasteiger partial charge in [-0.25, -0.2) is 19.6 Å². The molecule has 4 amide bonds. The third-order valence-corrected chi connectivity index (χ3v) is 12.4. The highest BCUT2D eigenvalue weighted by molar-refractivity contribution is 7.85. The number of carbonyl (C=O) groups is 4. The van der Waals surface area contributed by atoms with E-state index in [-0.39, 0.29) is 37.5 Å². The molecule has 4 aliphatic carbocycles.